The van der Waals surface area contributed by atoms with Crippen LogP contribution in [-0.2, 0) is 27.8 Å². The summed E-state index contributed by atoms with van der Waals surface area (Å²) in [5, 5.41) is 32.1. The van der Waals surface area contributed by atoms with E-state index in [-0.39, 0.29) is 42.8 Å². The minimum atomic E-state index is -4.03. The molecule has 0 bridgehead atoms. The van der Waals surface area contributed by atoms with Crippen molar-refractivity contribution in [1.82, 2.24) is 24.8 Å². The number of sulfonamides is 1. The summed E-state index contributed by atoms with van der Waals surface area (Å²) in [6, 6.07) is 13.1. The molecule has 2 aromatic carbocycles. The lowest BCUT2D eigenvalue weighted by molar-refractivity contribution is -0.125. The lowest BCUT2D eigenvalue weighted by atomic mass is 9.85. The number of oxime groups is 1. The van der Waals surface area contributed by atoms with Crippen LogP contribution in [0.4, 0.5) is 4.79 Å². The number of urea groups is 1. The molecule has 3 aromatic rings. The molecule has 0 spiro atoms. The van der Waals surface area contributed by atoms with E-state index in [0.717, 1.165) is 35.5 Å². The standard InChI is InChI=1S/C34H46N6O6S2/c1-23(2)32(38-34(43)39(4)20-28-22-47-24(3)36-28)33(42)37-30(17-25-9-6-5-7-10-25)31(41)21-40(19-27-11-8-12-27)48(45,46)29-15-13-26(14-16-29)18-35-44/h5-7,9-10,13-16,18,22-23,27,30-32,41,44H,8,11-12,17,19-21H2,1-4H3,(H,37,42)(H,38,43)/b35-18+/t30-,31?,32+/m0/s1. The predicted octanol–water partition coefficient (Wildman–Crippen LogP) is 4.01. The summed E-state index contributed by atoms with van der Waals surface area (Å²) in [7, 11) is -2.40. The number of nitrogens with one attached hydrogen (secondary N) is 2. The number of carbonyl (C=O) groups excluding carboxylic acids is 2. The van der Waals surface area contributed by atoms with Crippen molar-refractivity contribution >= 4 is 39.5 Å². The molecule has 1 heterocycles. The molecular weight excluding hydrogens is 653 g/mol. The molecule has 3 amide bonds. The van der Waals surface area contributed by atoms with Crippen LogP contribution in [0.1, 0.15) is 54.9 Å². The fraction of sp³-hybridized carbons (Fsp3) is 0.471. The number of hydrogen-bond donors (Lipinski definition) is 4. The first-order valence-corrected chi connectivity index (χ1v) is 18.4. The summed E-state index contributed by atoms with van der Waals surface area (Å²) in [6.07, 6.45) is 2.97. The number of aryl methyl sites for hydroxylation is 1. The van der Waals surface area contributed by atoms with E-state index in [2.05, 4.69) is 20.8 Å². The normalized spacial score (nSPS) is 15.6. The Morgan fingerprint density at radius 1 is 1.10 bits per heavy atom. The van der Waals surface area contributed by atoms with Crippen LogP contribution in [0.5, 0.6) is 0 Å². The average molecular weight is 699 g/mol. The molecule has 0 saturated heterocycles. The number of nitrogens with zero attached hydrogens (tertiary/aromatic N) is 4. The minimum absolute atomic E-state index is 0.0484. The molecule has 48 heavy (non-hydrogen) atoms. The lowest BCUT2D eigenvalue weighted by Crippen LogP contribution is -2.58. The van der Waals surface area contributed by atoms with Crippen LogP contribution < -0.4 is 10.6 Å². The Kier molecular flexibility index (Phi) is 13.1. The molecule has 0 radical (unpaired) electrons. The van der Waals surface area contributed by atoms with Gasteiger partial charge in [-0.1, -0.05) is 67.9 Å². The number of benzene rings is 2. The van der Waals surface area contributed by atoms with Gasteiger partial charge in [0.2, 0.25) is 15.9 Å². The highest BCUT2D eigenvalue weighted by Gasteiger charge is 2.35. The third-order valence-corrected chi connectivity index (χ3v) is 11.2. The molecule has 0 aliphatic heterocycles. The van der Waals surface area contributed by atoms with Gasteiger partial charge in [0.1, 0.15) is 6.04 Å². The summed E-state index contributed by atoms with van der Waals surface area (Å²) in [5.74, 6) is -0.598. The Bertz CT molecular complexity index is 1630. The van der Waals surface area contributed by atoms with E-state index < -0.39 is 40.1 Å². The van der Waals surface area contributed by atoms with Gasteiger partial charge in [-0.2, -0.15) is 4.31 Å². The number of thiazole rings is 1. The Hall–Kier alpha value is -3.85. The zero-order chi connectivity index (χ0) is 34.8. The van der Waals surface area contributed by atoms with E-state index >= 15 is 0 Å². The highest BCUT2D eigenvalue weighted by atomic mass is 32.2. The van der Waals surface area contributed by atoms with Gasteiger partial charge in [0, 0.05) is 25.5 Å². The second-order valence-electron chi connectivity index (χ2n) is 12.7. The molecule has 1 aliphatic carbocycles. The first-order chi connectivity index (χ1) is 22.9. The Morgan fingerprint density at radius 3 is 2.35 bits per heavy atom. The molecule has 1 unspecified atom stereocenters. The zero-order valence-corrected chi connectivity index (χ0v) is 29.5. The van der Waals surface area contributed by atoms with Crippen LogP contribution in [0.25, 0.3) is 0 Å². The highest BCUT2D eigenvalue weighted by molar-refractivity contribution is 7.89. The van der Waals surface area contributed by atoms with E-state index in [4.69, 9.17) is 5.21 Å². The van der Waals surface area contributed by atoms with Crippen LogP contribution in [0.2, 0.25) is 0 Å². The molecule has 1 aromatic heterocycles. The molecule has 4 N–H and O–H groups in total. The molecule has 12 nitrogen and oxygen atoms in total. The van der Waals surface area contributed by atoms with Crippen LogP contribution in [-0.4, -0.2) is 89.4 Å². The van der Waals surface area contributed by atoms with Crippen molar-refractivity contribution < 1.29 is 28.3 Å². The van der Waals surface area contributed by atoms with Gasteiger partial charge in [0.25, 0.3) is 0 Å². The van der Waals surface area contributed by atoms with Crippen LogP contribution >= 0.6 is 11.3 Å². The van der Waals surface area contributed by atoms with Crippen molar-refractivity contribution in [2.24, 2.45) is 17.0 Å². The fourth-order valence-corrected chi connectivity index (χ4v) is 7.65. The summed E-state index contributed by atoms with van der Waals surface area (Å²) in [4.78, 5) is 32.9. The van der Waals surface area contributed by atoms with Crippen molar-refractivity contribution in [3.05, 3.63) is 81.8 Å². The van der Waals surface area contributed by atoms with Crippen molar-refractivity contribution in [2.75, 3.05) is 20.1 Å². The first kappa shape index (κ1) is 37.0. The van der Waals surface area contributed by atoms with E-state index in [0.29, 0.717) is 5.56 Å². The van der Waals surface area contributed by atoms with Gasteiger partial charge in [-0.15, -0.1) is 11.3 Å². The van der Waals surface area contributed by atoms with Gasteiger partial charge in [-0.05, 0) is 61.3 Å². The van der Waals surface area contributed by atoms with Gasteiger partial charge in [-0.25, -0.2) is 18.2 Å². The van der Waals surface area contributed by atoms with Gasteiger partial charge < -0.3 is 25.8 Å². The second-order valence-corrected chi connectivity index (χ2v) is 15.7. The van der Waals surface area contributed by atoms with Gasteiger partial charge in [-0.3, -0.25) is 4.79 Å². The average Bonchev–Trinajstić information content (AvgIpc) is 3.44. The summed E-state index contributed by atoms with van der Waals surface area (Å²) in [5.41, 5.74) is 2.13. The topological polar surface area (TPSA) is 165 Å². The van der Waals surface area contributed by atoms with E-state index in [1.165, 1.54) is 38.9 Å². The fourth-order valence-electron chi connectivity index (χ4n) is 5.51. The number of aromatic nitrogens is 1. The van der Waals surface area contributed by atoms with Gasteiger partial charge in [0.05, 0.1) is 40.5 Å². The number of amides is 3. The second kappa shape index (κ2) is 17.0. The van der Waals surface area contributed by atoms with Crippen molar-refractivity contribution in [1.29, 1.82) is 0 Å². The summed E-state index contributed by atoms with van der Waals surface area (Å²) in [6.45, 7) is 5.80. The zero-order valence-electron chi connectivity index (χ0n) is 27.8. The molecule has 3 atom stereocenters. The lowest BCUT2D eigenvalue weighted by Gasteiger charge is -2.35. The molecule has 1 fully saturated rings. The number of aliphatic hydroxyl groups excluding tert-OH is 1. The summed E-state index contributed by atoms with van der Waals surface area (Å²) >= 11 is 1.49. The largest absolute Gasteiger partial charge is 0.411 e. The molecule has 4 rings (SSSR count). The van der Waals surface area contributed by atoms with Crippen molar-refractivity contribution in [2.45, 2.75) is 76.1 Å². The maximum Gasteiger partial charge on any atom is 0.318 e. The Labute approximate surface area is 286 Å². The predicted molar refractivity (Wildman–Crippen MR) is 185 cm³/mol. The SMILES string of the molecule is Cc1nc(CN(C)C(=O)N[C@@H](C(=O)N[C@@H](Cc2ccccc2)C(O)CN(CC2CCC2)S(=O)(=O)c2ccc(/C=N/O)cc2)C(C)C)cs1. The van der Waals surface area contributed by atoms with Crippen LogP contribution in [0.15, 0.2) is 70.0 Å². The molecule has 1 aliphatic rings. The quantitative estimate of drug-likeness (QED) is 0.0998. The van der Waals surface area contributed by atoms with Crippen LogP contribution in [0, 0.1) is 18.8 Å². The highest BCUT2D eigenvalue weighted by Crippen LogP contribution is 2.30. The first-order valence-electron chi connectivity index (χ1n) is 16.1. The van der Waals surface area contributed by atoms with Crippen molar-refractivity contribution in [3.63, 3.8) is 0 Å². The number of hydrogen-bond acceptors (Lipinski definition) is 9. The number of rotatable bonds is 16. The maximum absolute atomic E-state index is 13.9. The smallest absolute Gasteiger partial charge is 0.318 e. The monoisotopic (exact) mass is 698 g/mol. The molecular formula is C34H46N6O6S2. The molecule has 14 heteroatoms. The molecule has 260 valence electrons. The van der Waals surface area contributed by atoms with Gasteiger partial charge in [0.15, 0.2) is 0 Å². The van der Waals surface area contributed by atoms with E-state index in [9.17, 15) is 23.1 Å². The third-order valence-electron chi connectivity index (χ3n) is 8.53. The Balaban J connectivity index is 1.54. The van der Waals surface area contributed by atoms with Gasteiger partial charge >= 0.3 is 6.03 Å². The minimum Gasteiger partial charge on any atom is -0.411 e. The Morgan fingerprint density at radius 2 is 1.79 bits per heavy atom. The molecule has 1 saturated carbocycles. The maximum atomic E-state index is 13.9. The number of aliphatic hydroxyl groups is 1. The van der Waals surface area contributed by atoms with Crippen LogP contribution in [0.3, 0.4) is 0 Å². The van der Waals surface area contributed by atoms with E-state index in [1.54, 1.807) is 19.2 Å². The number of carbonyl (C=O) groups is 2. The van der Waals surface area contributed by atoms with E-state index in [1.807, 2.05) is 56.5 Å². The third kappa shape index (κ3) is 10.1. The summed E-state index contributed by atoms with van der Waals surface area (Å²) < 4.78 is 29.1. The van der Waals surface area contributed by atoms with Crippen molar-refractivity contribution in [3.8, 4) is 0 Å².